The van der Waals surface area contributed by atoms with Crippen molar-refractivity contribution >= 4 is 34.9 Å². The lowest BCUT2D eigenvalue weighted by molar-refractivity contribution is 0.102. The normalized spacial score (nSPS) is 10.8. The van der Waals surface area contributed by atoms with Gasteiger partial charge in [0.15, 0.2) is 0 Å². The minimum absolute atomic E-state index is 0.214. The van der Waals surface area contributed by atoms with Crippen molar-refractivity contribution in [1.29, 1.82) is 0 Å². The van der Waals surface area contributed by atoms with Gasteiger partial charge in [-0.05, 0) is 39.0 Å². The lowest BCUT2D eigenvalue weighted by atomic mass is 10.2. The summed E-state index contributed by atoms with van der Waals surface area (Å²) in [6.45, 7) is 5.18. The molecule has 0 fully saturated rings. The van der Waals surface area contributed by atoms with Crippen LogP contribution in [0, 0.1) is 20.8 Å². The molecule has 9 heteroatoms. The fourth-order valence-corrected chi connectivity index (χ4v) is 2.88. The van der Waals surface area contributed by atoms with Crippen molar-refractivity contribution < 1.29 is 4.79 Å². The zero-order valence-corrected chi connectivity index (χ0v) is 15.7. The van der Waals surface area contributed by atoms with Crippen molar-refractivity contribution in [3.05, 3.63) is 67.2 Å². The van der Waals surface area contributed by atoms with Gasteiger partial charge in [-0.3, -0.25) is 14.6 Å². The van der Waals surface area contributed by atoms with Gasteiger partial charge in [0, 0.05) is 32.9 Å². The molecule has 7 nitrogen and oxygen atoms in total. The fraction of sp³-hybridized carbons (Fsp3) is 0.176. The first-order valence-electron chi connectivity index (χ1n) is 7.66. The maximum atomic E-state index is 12.5. The first-order chi connectivity index (χ1) is 12.2. The van der Waals surface area contributed by atoms with Gasteiger partial charge < -0.3 is 5.32 Å². The molecule has 0 aliphatic carbocycles. The number of rotatable bonds is 3. The van der Waals surface area contributed by atoms with Crippen LogP contribution in [-0.2, 0) is 0 Å². The van der Waals surface area contributed by atoms with Gasteiger partial charge in [-0.1, -0.05) is 23.2 Å². The molecule has 1 aromatic carbocycles. The van der Waals surface area contributed by atoms with E-state index in [2.05, 4.69) is 20.4 Å². The SMILES string of the molecule is Cc1cc(NC(=O)c2cc(Cl)cc(Cl)c2)n(-c2nc(C)c(C)c(=O)[nH]2)n1. The van der Waals surface area contributed by atoms with Crippen molar-refractivity contribution in [3.63, 3.8) is 0 Å². The monoisotopic (exact) mass is 391 g/mol. The first kappa shape index (κ1) is 18.2. The second-order valence-electron chi connectivity index (χ2n) is 5.79. The summed E-state index contributed by atoms with van der Waals surface area (Å²) in [5.41, 5.74) is 1.78. The van der Waals surface area contributed by atoms with Crippen LogP contribution >= 0.6 is 23.2 Å². The average Bonchev–Trinajstić information content (AvgIpc) is 2.91. The Balaban J connectivity index is 2.00. The van der Waals surface area contributed by atoms with E-state index in [1.54, 1.807) is 26.8 Å². The number of nitrogens with one attached hydrogen (secondary N) is 2. The number of amides is 1. The topological polar surface area (TPSA) is 92.7 Å². The number of anilines is 1. The molecule has 26 heavy (non-hydrogen) atoms. The van der Waals surface area contributed by atoms with Crippen molar-refractivity contribution in [2.24, 2.45) is 0 Å². The van der Waals surface area contributed by atoms with Crippen LogP contribution in [0.4, 0.5) is 5.82 Å². The number of hydrogen-bond acceptors (Lipinski definition) is 4. The molecule has 3 aromatic rings. The van der Waals surface area contributed by atoms with Gasteiger partial charge >= 0.3 is 0 Å². The predicted octanol–water partition coefficient (Wildman–Crippen LogP) is 3.44. The molecular formula is C17H15Cl2N5O2. The van der Waals surface area contributed by atoms with Gasteiger partial charge in [0.1, 0.15) is 5.82 Å². The number of aromatic nitrogens is 4. The van der Waals surface area contributed by atoms with E-state index in [1.807, 2.05) is 0 Å². The number of hydrogen-bond donors (Lipinski definition) is 2. The molecule has 0 atom stereocenters. The van der Waals surface area contributed by atoms with Crippen LogP contribution < -0.4 is 10.9 Å². The molecule has 3 rings (SSSR count). The van der Waals surface area contributed by atoms with Crippen LogP contribution in [0.25, 0.3) is 5.95 Å². The molecule has 0 radical (unpaired) electrons. The molecule has 0 aliphatic heterocycles. The number of aryl methyl sites for hydroxylation is 2. The second kappa shape index (κ2) is 6.93. The first-order valence-corrected chi connectivity index (χ1v) is 8.42. The zero-order chi connectivity index (χ0) is 19.0. The number of halogens is 2. The summed E-state index contributed by atoms with van der Waals surface area (Å²) in [7, 11) is 0. The molecule has 2 N–H and O–H groups in total. The molecule has 134 valence electrons. The number of nitrogens with zero attached hydrogens (tertiary/aromatic N) is 3. The van der Waals surface area contributed by atoms with Crippen LogP contribution in [0.1, 0.15) is 27.3 Å². The maximum Gasteiger partial charge on any atom is 0.256 e. The summed E-state index contributed by atoms with van der Waals surface area (Å²) in [4.78, 5) is 31.6. The van der Waals surface area contributed by atoms with Crippen molar-refractivity contribution in [1.82, 2.24) is 19.7 Å². The Morgan fingerprint density at radius 2 is 1.77 bits per heavy atom. The minimum atomic E-state index is -0.415. The van der Waals surface area contributed by atoms with Crippen LogP contribution in [-0.4, -0.2) is 25.7 Å². The summed E-state index contributed by atoms with van der Waals surface area (Å²) in [6, 6.07) is 6.22. The van der Waals surface area contributed by atoms with Gasteiger partial charge in [0.2, 0.25) is 5.95 Å². The third-order valence-electron chi connectivity index (χ3n) is 3.78. The van der Waals surface area contributed by atoms with E-state index in [4.69, 9.17) is 23.2 Å². The lowest BCUT2D eigenvalue weighted by Crippen LogP contribution is -2.20. The molecule has 0 saturated heterocycles. The zero-order valence-electron chi connectivity index (χ0n) is 14.2. The smallest absolute Gasteiger partial charge is 0.256 e. The van der Waals surface area contributed by atoms with Crippen molar-refractivity contribution in [2.45, 2.75) is 20.8 Å². The van der Waals surface area contributed by atoms with Crippen molar-refractivity contribution in [2.75, 3.05) is 5.32 Å². The number of aromatic amines is 1. The molecular weight excluding hydrogens is 377 g/mol. The van der Waals surface area contributed by atoms with E-state index in [0.29, 0.717) is 38.4 Å². The Kier molecular flexibility index (Phi) is 4.84. The van der Waals surface area contributed by atoms with Gasteiger partial charge in [-0.2, -0.15) is 9.78 Å². The van der Waals surface area contributed by atoms with Crippen LogP contribution in [0.15, 0.2) is 29.1 Å². The Labute approximate surface area is 159 Å². The fourth-order valence-electron chi connectivity index (χ4n) is 2.35. The largest absolute Gasteiger partial charge is 0.306 e. The predicted molar refractivity (Wildman–Crippen MR) is 101 cm³/mol. The lowest BCUT2D eigenvalue weighted by Gasteiger charge is -2.09. The van der Waals surface area contributed by atoms with Crippen LogP contribution in [0.3, 0.4) is 0 Å². The Bertz CT molecular complexity index is 1050. The number of carbonyl (C=O) groups is 1. The molecule has 0 saturated carbocycles. The highest BCUT2D eigenvalue weighted by atomic mass is 35.5. The van der Waals surface area contributed by atoms with Crippen LogP contribution in [0.2, 0.25) is 10.0 Å². The second-order valence-corrected chi connectivity index (χ2v) is 6.67. The maximum absolute atomic E-state index is 12.5. The highest BCUT2D eigenvalue weighted by molar-refractivity contribution is 6.35. The standard InChI is InChI=1S/C17H15Cl2N5O2/c1-8-4-14(21-16(26)11-5-12(18)7-13(19)6-11)24(23-8)17-20-10(3)9(2)15(25)22-17/h4-7H,1-3H3,(H,21,26)(H,20,22,25). The quantitative estimate of drug-likeness (QED) is 0.714. The number of carbonyl (C=O) groups excluding carboxylic acids is 1. The van der Waals surface area contributed by atoms with Gasteiger partial charge in [-0.15, -0.1) is 0 Å². The summed E-state index contributed by atoms with van der Waals surface area (Å²) in [5, 5.41) is 7.74. The highest BCUT2D eigenvalue weighted by Gasteiger charge is 2.16. The van der Waals surface area contributed by atoms with E-state index >= 15 is 0 Å². The molecule has 0 bridgehead atoms. The van der Waals surface area contributed by atoms with Gasteiger partial charge in [-0.25, -0.2) is 4.98 Å². The minimum Gasteiger partial charge on any atom is -0.306 e. The molecule has 2 aromatic heterocycles. The summed E-state index contributed by atoms with van der Waals surface area (Å²) in [5.74, 6) is 0.155. The molecule has 0 spiro atoms. The third kappa shape index (κ3) is 3.63. The molecule has 0 aliphatic rings. The Hall–Kier alpha value is -2.64. The molecule has 2 heterocycles. The highest BCUT2D eigenvalue weighted by Crippen LogP contribution is 2.21. The Morgan fingerprint density at radius 1 is 1.12 bits per heavy atom. The van der Waals surface area contributed by atoms with Crippen LogP contribution in [0.5, 0.6) is 0 Å². The summed E-state index contributed by atoms with van der Waals surface area (Å²) in [6.07, 6.45) is 0. The van der Waals surface area contributed by atoms with E-state index in [-0.39, 0.29) is 11.5 Å². The summed E-state index contributed by atoms with van der Waals surface area (Å²) >= 11 is 11.9. The molecule has 0 unspecified atom stereocenters. The number of benzene rings is 1. The van der Waals surface area contributed by atoms with E-state index < -0.39 is 5.91 Å². The molecule has 1 amide bonds. The van der Waals surface area contributed by atoms with E-state index in [9.17, 15) is 9.59 Å². The summed E-state index contributed by atoms with van der Waals surface area (Å²) < 4.78 is 1.37. The van der Waals surface area contributed by atoms with Gasteiger partial charge in [0.25, 0.3) is 11.5 Å². The third-order valence-corrected chi connectivity index (χ3v) is 4.22. The Morgan fingerprint density at radius 3 is 2.38 bits per heavy atom. The van der Waals surface area contributed by atoms with E-state index in [0.717, 1.165) is 0 Å². The number of H-pyrrole nitrogens is 1. The van der Waals surface area contributed by atoms with E-state index in [1.165, 1.54) is 22.9 Å². The van der Waals surface area contributed by atoms with Crippen molar-refractivity contribution in [3.8, 4) is 5.95 Å². The average molecular weight is 392 g/mol. The van der Waals surface area contributed by atoms with Gasteiger partial charge in [0.05, 0.1) is 5.69 Å².